The largest absolute Gasteiger partial charge is 0.388 e. The van der Waals surface area contributed by atoms with Gasteiger partial charge in [-0.3, -0.25) is 0 Å². The molecule has 0 bridgehead atoms. The van der Waals surface area contributed by atoms with Gasteiger partial charge in [0.1, 0.15) is 16.5 Å². The minimum Gasteiger partial charge on any atom is -0.388 e. The van der Waals surface area contributed by atoms with E-state index in [4.69, 9.17) is 18.0 Å². The zero-order valence-electron chi connectivity index (χ0n) is 11.3. The molecule has 1 aliphatic rings. The summed E-state index contributed by atoms with van der Waals surface area (Å²) in [6.45, 7) is 1.89. The molecule has 0 aromatic carbocycles. The van der Waals surface area contributed by atoms with Crippen molar-refractivity contribution in [3.05, 3.63) is 18.1 Å². The highest BCUT2D eigenvalue weighted by Gasteiger charge is 2.18. The number of likely N-dealkylation sites (N-methyl/N-ethyl adjacent to an activating group) is 1. The lowest BCUT2D eigenvalue weighted by Crippen LogP contribution is -2.33. The Labute approximate surface area is 119 Å². The molecule has 1 heterocycles. The molecule has 0 radical (unpaired) electrons. The van der Waals surface area contributed by atoms with E-state index in [9.17, 15) is 0 Å². The summed E-state index contributed by atoms with van der Waals surface area (Å²) in [5.41, 5.74) is 6.03. The number of rotatable bonds is 6. The molecule has 0 unspecified atom stereocenters. The third-order valence-electron chi connectivity index (χ3n) is 3.62. The van der Waals surface area contributed by atoms with Crippen LogP contribution in [0.3, 0.4) is 0 Å². The van der Waals surface area contributed by atoms with Gasteiger partial charge >= 0.3 is 0 Å². The van der Waals surface area contributed by atoms with Crippen LogP contribution in [0.15, 0.2) is 12.4 Å². The van der Waals surface area contributed by atoms with Crippen molar-refractivity contribution < 1.29 is 0 Å². The highest BCUT2D eigenvalue weighted by Crippen LogP contribution is 2.21. The predicted octanol–water partition coefficient (Wildman–Crippen LogP) is 1.40. The third-order valence-corrected chi connectivity index (χ3v) is 3.83. The standard InChI is InChI=1S/C13H21N5S/c1-18(10-4-2-3-5-10)7-6-15-12-9-16-11(8-17-12)13(14)19/h8-10H,2-7H2,1H3,(H2,14,19)(H,15,17). The molecule has 3 N–H and O–H groups in total. The summed E-state index contributed by atoms with van der Waals surface area (Å²) in [4.78, 5) is 11.1. The molecule has 1 aromatic rings. The fourth-order valence-electron chi connectivity index (χ4n) is 2.43. The molecule has 1 fully saturated rings. The zero-order valence-corrected chi connectivity index (χ0v) is 12.1. The Morgan fingerprint density at radius 3 is 2.74 bits per heavy atom. The topological polar surface area (TPSA) is 67.1 Å². The Kier molecular flexibility index (Phi) is 5.04. The van der Waals surface area contributed by atoms with Gasteiger partial charge in [-0.05, 0) is 19.9 Å². The van der Waals surface area contributed by atoms with Crippen LogP contribution in [0.2, 0.25) is 0 Å². The van der Waals surface area contributed by atoms with Crippen molar-refractivity contribution in [2.45, 2.75) is 31.7 Å². The van der Waals surface area contributed by atoms with Crippen LogP contribution in [0, 0.1) is 0 Å². The van der Waals surface area contributed by atoms with E-state index in [2.05, 4.69) is 27.2 Å². The van der Waals surface area contributed by atoms with Crippen LogP contribution in [-0.4, -0.2) is 46.0 Å². The van der Waals surface area contributed by atoms with Crippen molar-refractivity contribution in [1.82, 2.24) is 14.9 Å². The number of thiocarbonyl (C=S) groups is 1. The van der Waals surface area contributed by atoms with E-state index in [-0.39, 0.29) is 4.99 Å². The fraction of sp³-hybridized carbons (Fsp3) is 0.615. The van der Waals surface area contributed by atoms with Crippen molar-refractivity contribution in [2.24, 2.45) is 5.73 Å². The van der Waals surface area contributed by atoms with Gasteiger partial charge in [0, 0.05) is 19.1 Å². The van der Waals surface area contributed by atoms with E-state index in [0.29, 0.717) is 5.69 Å². The first-order chi connectivity index (χ1) is 9.16. The van der Waals surface area contributed by atoms with Gasteiger partial charge in [-0.1, -0.05) is 25.1 Å². The van der Waals surface area contributed by atoms with Gasteiger partial charge in [0.2, 0.25) is 0 Å². The zero-order chi connectivity index (χ0) is 13.7. The highest BCUT2D eigenvalue weighted by atomic mass is 32.1. The lowest BCUT2D eigenvalue weighted by molar-refractivity contribution is 0.254. The maximum Gasteiger partial charge on any atom is 0.144 e. The molecule has 0 saturated heterocycles. The minimum atomic E-state index is 0.278. The van der Waals surface area contributed by atoms with Crippen LogP contribution in [0.1, 0.15) is 31.4 Å². The minimum absolute atomic E-state index is 0.278. The molecule has 6 heteroatoms. The smallest absolute Gasteiger partial charge is 0.144 e. The van der Waals surface area contributed by atoms with Crippen LogP contribution in [0.5, 0.6) is 0 Å². The van der Waals surface area contributed by atoms with Gasteiger partial charge in [-0.2, -0.15) is 0 Å². The number of nitrogens with one attached hydrogen (secondary N) is 1. The lowest BCUT2D eigenvalue weighted by atomic mass is 10.2. The van der Waals surface area contributed by atoms with Gasteiger partial charge in [0.05, 0.1) is 12.4 Å². The Balaban J connectivity index is 1.74. The molecule has 0 atom stereocenters. The van der Waals surface area contributed by atoms with Gasteiger partial charge in [0.15, 0.2) is 0 Å². The van der Waals surface area contributed by atoms with E-state index >= 15 is 0 Å². The SMILES string of the molecule is CN(CCNc1cnc(C(N)=S)cn1)C1CCCC1. The first-order valence-corrected chi connectivity index (χ1v) is 7.13. The number of hydrogen-bond acceptors (Lipinski definition) is 5. The predicted molar refractivity (Wildman–Crippen MR) is 81.3 cm³/mol. The lowest BCUT2D eigenvalue weighted by Gasteiger charge is -2.23. The second-order valence-electron chi connectivity index (χ2n) is 5.00. The van der Waals surface area contributed by atoms with Gasteiger partial charge in [-0.15, -0.1) is 0 Å². The first-order valence-electron chi connectivity index (χ1n) is 6.73. The molecule has 1 aromatic heterocycles. The molecular formula is C13H21N5S. The normalized spacial score (nSPS) is 15.9. The molecular weight excluding hydrogens is 258 g/mol. The van der Waals surface area contributed by atoms with Crippen molar-refractivity contribution in [1.29, 1.82) is 0 Å². The maximum absolute atomic E-state index is 5.48. The van der Waals surface area contributed by atoms with Crippen molar-refractivity contribution >= 4 is 23.0 Å². The van der Waals surface area contributed by atoms with Crippen LogP contribution in [0.25, 0.3) is 0 Å². The summed E-state index contributed by atoms with van der Waals surface area (Å²) >= 11 is 4.84. The third kappa shape index (κ3) is 4.11. The van der Waals surface area contributed by atoms with Gasteiger partial charge in [0.25, 0.3) is 0 Å². The first kappa shape index (κ1) is 14.1. The monoisotopic (exact) mass is 279 g/mol. The molecule has 104 valence electrons. The van der Waals surface area contributed by atoms with E-state index < -0.39 is 0 Å². The summed E-state index contributed by atoms with van der Waals surface area (Å²) in [7, 11) is 2.19. The molecule has 0 spiro atoms. The molecule has 2 rings (SSSR count). The number of nitrogens with zero attached hydrogens (tertiary/aromatic N) is 3. The summed E-state index contributed by atoms with van der Waals surface area (Å²) in [5.74, 6) is 0.764. The van der Waals surface area contributed by atoms with Gasteiger partial charge in [-0.25, -0.2) is 9.97 Å². The maximum atomic E-state index is 5.48. The Hall–Kier alpha value is -1.27. The van der Waals surface area contributed by atoms with E-state index in [1.807, 2.05) is 0 Å². The Bertz CT molecular complexity index is 414. The van der Waals surface area contributed by atoms with Crippen molar-refractivity contribution in [3.8, 4) is 0 Å². The fourth-order valence-corrected chi connectivity index (χ4v) is 2.54. The van der Waals surface area contributed by atoms with E-state index in [1.165, 1.54) is 25.7 Å². The number of anilines is 1. The molecule has 0 amide bonds. The average Bonchev–Trinajstić information content (AvgIpc) is 2.93. The quantitative estimate of drug-likeness (QED) is 0.767. The molecule has 1 saturated carbocycles. The highest BCUT2D eigenvalue weighted by molar-refractivity contribution is 7.80. The second-order valence-corrected chi connectivity index (χ2v) is 5.44. The number of aromatic nitrogens is 2. The van der Waals surface area contributed by atoms with Crippen LogP contribution in [-0.2, 0) is 0 Å². The van der Waals surface area contributed by atoms with Crippen molar-refractivity contribution in [2.75, 3.05) is 25.5 Å². The Morgan fingerprint density at radius 1 is 1.42 bits per heavy atom. The summed E-state index contributed by atoms with van der Waals surface area (Å²) < 4.78 is 0. The molecule has 1 aliphatic carbocycles. The van der Waals surface area contributed by atoms with Gasteiger partial charge < -0.3 is 16.0 Å². The van der Waals surface area contributed by atoms with Crippen LogP contribution < -0.4 is 11.1 Å². The molecule has 5 nitrogen and oxygen atoms in total. The number of nitrogens with two attached hydrogens (primary N) is 1. The van der Waals surface area contributed by atoms with Crippen LogP contribution >= 0.6 is 12.2 Å². The summed E-state index contributed by atoms with van der Waals surface area (Å²) in [6, 6.07) is 0.755. The van der Waals surface area contributed by atoms with E-state index in [1.54, 1.807) is 12.4 Å². The average molecular weight is 279 g/mol. The van der Waals surface area contributed by atoms with E-state index in [0.717, 1.165) is 24.9 Å². The second kappa shape index (κ2) is 6.77. The Morgan fingerprint density at radius 2 is 2.16 bits per heavy atom. The molecule has 19 heavy (non-hydrogen) atoms. The summed E-state index contributed by atoms with van der Waals surface area (Å²) in [6.07, 6.45) is 8.68. The molecule has 0 aliphatic heterocycles. The number of hydrogen-bond donors (Lipinski definition) is 2. The van der Waals surface area contributed by atoms with Crippen molar-refractivity contribution in [3.63, 3.8) is 0 Å². The van der Waals surface area contributed by atoms with Crippen LogP contribution in [0.4, 0.5) is 5.82 Å². The summed E-state index contributed by atoms with van der Waals surface area (Å²) in [5, 5.41) is 3.27.